The van der Waals surface area contributed by atoms with Crippen LogP contribution in [0.25, 0.3) is 11.4 Å². The molecule has 3 rings (SSSR count). The van der Waals surface area contributed by atoms with E-state index in [9.17, 15) is 9.18 Å². The van der Waals surface area contributed by atoms with Crippen molar-refractivity contribution in [1.29, 1.82) is 0 Å². The zero-order valence-electron chi connectivity index (χ0n) is 12.4. The predicted octanol–water partition coefficient (Wildman–Crippen LogP) is 1.74. The number of aromatic nitrogens is 4. The van der Waals surface area contributed by atoms with E-state index in [2.05, 4.69) is 22.3 Å². The number of carbonyl (C=O) groups is 1. The second kappa shape index (κ2) is 6.21. The zero-order valence-corrected chi connectivity index (χ0v) is 12.4. The third kappa shape index (κ3) is 3.29. The second-order valence-electron chi connectivity index (χ2n) is 5.74. The first-order valence-corrected chi connectivity index (χ1v) is 7.43. The Morgan fingerprint density at radius 3 is 2.86 bits per heavy atom. The fourth-order valence-corrected chi connectivity index (χ4v) is 2.66. The summed E-state index contributed by atoms with van der Waals surface area (Å²) in [6.07, 6.45) is 2.21. The highest BCUT2D eigenvalue weighted by atomic mass is 19.1. The number of amides is 1. The molecule has 0 bridgehead atoms. The van der Waals surface area contributed by atoms with Gasteiger partial charge in [-0.3, -0.25) is 4.79 Å². The highest BCUT2D eigenvalue weighted by Gasteiger charge is 2.21. The largest absolute Gasteiger partial charge is 0.341 e. The Hall–Kier alpha value is -2.31. The number of hydrogen-bond donors (Lipinski definition) is 0. The number of benzene rings is 1. The zero-order chi connectivity index (χ0) is 15.5. The fraction of sp³-hybridized carbons (Fsp3) is 0.467. The molecule has 1 aliphatic rings. The molecule has 0 N–H and O–H groups in total. The van der Waals surface area contributed by atoms with Crippen LogP contribution in [0.3, 0.4) is 0 Å². The summed E-state index contributed by atoms with van der Waals surface area (Å²) in [7, 11) is 0. The van der Waals surface area contributed by atoms with Crippen molar-refractivity contribution in [2.45, 2.75) is 26.3 Å². The molecule has 0 saturated carbocycles. The van der Waals surface area contributed by atoms with Gasteiger partial charge < -0.3 is 4.90 Å². The summed E-state index contributed by atoms with van der Waals surface area (Å²) >= 11 is 0. The molecule has 1 aromatic heterocycles. The number of nitrogens with zero attached hydrogens (tertiary/aromatic N) is 5. The molecule has 0 spiro atoms. The van der Waals surface area contributed by atoms with Crippen LogP contribution in [0.15, 0.2) is 24.3 Å². The summed E-state index contributed by atoms with van der Waals surface area (Å²) < 4.78 is 12.9. The van der Waals surface area contributed by atoms with Crippen molar-refractivity contribution >= 4 is 5.91 Å². The van der Waals surface area contributed by atoms with Crippen LogP contribution in [-0.2, 0) is 11.3 Å². The van der Waals surface area contributed by atoms with Crippen molar-refractivity contribution in [3.05, 3.63) is 30.1 Å². The number of carbonyl (C=O) groups excluding carboxylic acids is 1. The molecule has 7 heteroatoms. The van der Waals surface area contributed by atoms with Crippen LogP contribution in [0.2, 0.25) is 0 Å². The van der Waals surface area contributed by atoms with Crippen LogP contribution in [0.5, 0.6) is 0 Å². The Bertz CT molecular complexity index is 654. The molecule has 1 fully saturated rings. The number of halogens is 1. The van der Waals surface area contributed by atoms with Crippen molar-refractivity contribution in [3.63, 3.8) is 0 Å². The lowest BCUT2D eigenvalue weighted by atomic mass is 10.0. The van der Waals surface area contributed by atoms with E-state index in [0.717, 1.165) is 19.5 Å². The Labute approximate surface area is 127 Å². The average molecular weight is 303 g/mol. The van der Waals surface area contributed by atoms with Gasteiger partial charge in [0.2, 0.25) is 11.7 Å². The van der Waals surface area contributed by atoms with Crippen LogP contribution in [-0.4, -0.2) is 44.1 Å². The lowest BCUT2D eigenvalue weighted by Gasteiger charge is -2.30. The Morgan fingerprint density at radius 2 is 2.14 bits per heavy atom. The van der Waals surface area contributed by atoms with E-state index in [1.54, 1.807) is 12.1 Å². The molecule has 116 valence electrons. The lowest BCUT2D eigenvalue weighted by Crippen LogP contribution is -2.41. The van der Waals surface area contributed by atoms with Gasteiger partial charge in [-0.25, -0.2) is 4.39 Å². The SMILES string of the molecule is C[C@H]1CCCN(C(=O)Cn2nnc(-c3ccc(F)cc3)n2)C1. The molecule has 0 unspecified atom stereocenters. The van der Waals surface area contributed by atoms with Crippen LogP contribution in [0.4, 0.5) is 4.39 Å². The number of hydrogen-bond acceptors (Lipinski definition) is 4. The number of tetrazole rings is 1. The molecule has 2 heterocycles. The molecule has 1 saturated heterocycles. The monoisotopic (exact) mass is 303 g/mol. The van der Waals surface area contributed by atoms with Crippen molar-refractivity contribution < 1.29 is 9.18 Å². The molecule has 22 heavy (non-hydrogen) atoms. The van der Waals surface area contributed by atoms with E-state index in [0.29, 0.717) is 17.3 Å². The van der Waals surface area contributed by atoms with E-state index in [-0.39, 0.29) is 18.3 Å². The van der Waals surface area contributed by atoms with Crippen LogP contribution in [0, 0.1) is 11.7 Å². The molecule has 0 radical (unpaired) electrons. The molecular formula is C15H18FN5O. The Kier molecular flexibility index (Phi) is 4.13. The molecule has 1 atom stereocenters. The first kappa shape index (κ1) is 14.6. The maximum Gasteiger partial charge on any atom is 0.246 e. The van der Waals surface area contributed by atoms with E-state index in [1.807, 2.05) is 4.90 Å². The number of piperidine rings is 1. The van der Waals surface area contributed by atoms with Crippen molar-refractivity contribution in [1.82, 2.24) is 25.1 Å². The average Bonchev–Trinajstić information content (AvgIpc) is 2.96. The molecule has 1 aromatic carbocycles. The van der Waals surface area contributed by atoms with Crippen LogP contribution >= 0.6 is 0 Å². The summed E-state index contributed by atoms with van der Waals surface area (Å²) in [4.78, 5) is 15.4. The predicted molar refractivity (Wildman–Crippen MR) is 78.2 cm³/mol. The van der Waals surface area contributed by atoms with E-state index in [1.165, 1.54) is 23.4 Å². The molecule has 1 amide bonds. The van der Waals surface area contributed by atoms with Crippen LogP contribution in [0.1, 0.15) is 19.8 Å². The maximum atomic E-state index is 12.9. The molecular weight excluding hydrogens is 285 g/mol. The van der Waals surface area contributed by atoms with E-state index < -0.39 is 0 Å². The van der Waals surface area contributed by atoms with Gasteiger partial charge in [0, 0.05) is 18.7 Å². The molecule has 2 aromatic rings. The highest BCUT2D eigenvalue weighted by Crippen LogP contribution is 2.16. The fourth-order valence-electron chi connectivity index (χ4n) is 2.66. The van der Waals surface area contributed by atoms with Gasteiger partial charge in [0.15, 0.2) is 0 Å². The Morgan fingerprint density at radius 1 is 1.36 bits per heavy atom. The third-order valence-electron chi connectivity index (χ3n) is 3.84. The lowest BCUT2D eigenvalue weighted by molar-refractivity contribution is -0.134. The second-order valence-corrected chi connectivity index (χ2v) is 5.74. The van der Waals surface area contributed by atoms with Crippen molar-refractivity contribution in [2.75, 3.05) is 13.1 Å². The highest BCUT2D eigenvalue weighted by molar-refractivity contribution is 5.75. The van der Waals surface area contributed by atoms with Gasteiger partial charge >= 0.3 is 0 Å². The van der Waals surface area contributed by atoms with Gasteiger partial charge in [-0.05, 0) is 48.2 Å². The smallest absolute Gasteiger partial charge is 0.246 e. The molecule has 0 aliphatic carbocycles. The summed E-state index contributed by atoms with van der Waals surface area (Å²) in [6.45, 7) is 3.82. The maximum absolute atomic E-state index is 12.9. The minimum absolute atomic E-state index is 0.00889. The third-order valence-corrected chi connectivity index (χ3v) is 3.84. The quantitative estimate of drug-likeness (QED) is 0.866. The Balaban J connectivity index is 1.66. The summed E-state index contributed by atoms with van der Waals surface area (Å²) in [5.74, 6) is 0.621. The van der Waals surface area contributed by atoms with Gasteiger partial charge in [-0.2, -0.15) is 4.80 Å². The summed E-state index contributed by atoms with van der Waals surface area (Å²) in [5.41, 5.74) is 0.673. The summed E-state index contributed by atoms with van der Waals surface area (Å²) in [5, 5.41) is 12.0. The van der Waals surface area contributed by atoms with Crippen molar-refractivity contribution in [3.8, 4) is 11.4 Å². The normalized spacial score (nSPS) is 18.5. The summed E-state index contributed by atoms with van der Waals surface area (Å²) in [6, 6.07) is 5.86. The van der Waals surface area contributed by atoms with Gasteiger partial charge in [-0.1, -0.05) is 6.92 Å². The first-order chi connectivity index (χ1) is 10.6. The minimum atomic E-state index is -0.314. The topological polar surface area (TPSA) is 63.9 Å². The van der Waals surface area contributed by atoms with Crippen LogP contribution < -0.4 is 0 Å². The first-order valence-electron chi connectivity index (χ1n) is 7.43. The van der Waals surface area contributed by atoms with E-state index >= 15 is 0 Å². The standard InChI is InChI=1S/C15H18FN5O/c1-11-3-2-8-20(9-11)14(22)10-21-18-15(17-19-21)12-4-6-13(16)7-5-12/h4-7,11H,2-3,8-10H2,1H3/t11-/m0/s1. The van der Waals surface area contributed by atoms with E-state index in [4.69, 9.17) is 0 Å². The van der Waals surface area contributed by atoms with Gasteiger partial charge in [0.25, 0.3) is 0 Å². The van der Waals surface area contributed by atoms with Crippen molar-refractivity contribution in [2.24, 2.45) is 5.92 Å². The molecule has 6 nitrogen and oxygen atoms in total. The van der Waals surface area contributed by atoms with Gasteiger partial charge in [0.1, 0.15) is 12.4 Å². The van der Waals surface area contributed by atoms with Gasteiger partial charge in [-0.15, -0.1) is 10.2 Å². The number of rotatable bonds is 3. The minimum Gasteiger partial charge on any atom is -0.341 e. The number of likely N-dealkylation sites (tertiary alicyclic amines) is 1. The van der Waals surface area contributed by atoms with Gasteiger partial charge in [0.05, 0.1) is 0 Å². The molecule has 1 aliphatic heterocycles.